The Morgan fingerprint density at radius 3 is 2.33 bits per heavy atom. The lowest BCUT2D eigenvalue weighted by atomic mass is 10.0. The molecule has 1 fully saturated rings. The molecule has 1 saturated heterocycles. The summed E-state index contributed by atoms with van der Waals surface area (Å²) in [6.07, 6.45) is 0. The van der Waals surface area contributed by atoms with Crippen molar-refractivity contribution in [2.75, 3.05) is 32.8 Å². The highest BCUT2D eigenvalue weighted by Gasteiger charge is 2.29. The first kappa shape index (κ1) is 16.0. The minimum Gasteiger partial charge on any atom is -0.466 e. The highest BCUT2D eigenvalue weighted by atomic mass is 16.5. The highest BCUT2D eigenvalue weighted by Crippen LogP contribution is 2.21. The fourth-order valence-corrected chi connectivity index (χ4v) is 2.79. The van der Waals surface area contributed by atoms with Crippen LogP contribution in [0, 0.1) is 20.8 Å². The van der Waals surface area contributed by atoms with Gasteiger partial charge in [0.25, 0.3) is 5.91 Å². The minimum absolute atomic E-state index is 0.0526. The Bertz CT molecular complexity index is 514. The van der Waals surface area contributed by atoms with E-state index in [4.69, 9.17) is 9.15 Å². The first-order valence-electron chi connectivity index (χ1n) is 7.50. The Morgan fingerprint density at radius 2 is 1.81 bits per heavy atom. The maximum atomic E-state index is 12.4. The molecule has 0 atom stereocenters. The lowest BCUT2D eigenvalue weighted by molar-refractivity contribution is -0.00923. The van der Waals surface area contributed by atoms with E-state index in [1.165, 1.54) is 0 Å². The van der Waals surface area contributed by atoms with Gasteiger partial charge in [-0.15, -0.1) is 0 Å². The summed E-state index contributed by atoms with van der Waals surface area (Å²) in [4.78, 5) is 14.8. The van der Waals surface area contributed by atoms with Gasteiger partial charge in [-0.2, -0.15) is 0 Å². The monoisotopic (exact) mass is 294 g/mol. The zero-order chi connectivity index (χ0) is 15.6. The standard InChI is InChI=1S/C16H26N2O3/c1-11-12(2)21-13(3)14(11)15(19)17-10-16(4,5)18-6-8-20-9-7-18/h6-10H2,1-5H3,(H,17,19). The van der Waals surface area contributed by atoms with E-state index >= 15 is 0 Å². The van der Waals surface area contributed by atoms with Crippen LogP contribution < -0.4 is 5.32 Å². The van der Waals surface area contributed by atoms with E-state index in [0.717, 1.165) is 37.6 Å². The third-order valence-corrected chi connectivity index (χ3v) is 4.34. The molecule has 0 radical (unpaired) electrons. The van der Waals surface area contributed by atoms with Crippen LogP contribution in [0.4, 0.5) is 0 Å². The van der Waals surface area contributed by atoms with Gasteiger partial charge < -0.3 is 14.5 Å². The van der Waals surface area contributed by atoms with Crippen molar-refractivity contribution in [3.8, 4) is 0 Å². The van der Waals surface area contributed by atoms with Gasteiger partial charge in [0, 0.05) is 30.7 Å². The molecule has 1 N–H and O–H groups in total. The van der Waals surface area contributed by atoms with Gasteiger partial charge in [0.1, 0.15) is 11.5 Å². The number of carbonyl (C=O) groups excluding carboxylic acids is 1. The molecule has 1 aliphatic rings. The van der Waals surface area contributed by atoms with Crippen molar-refractivity contribution in [2.24, 2.45) is 0 Å². The number of aryl methyl sites for hydroxylation is 2. The first-order valence-corrected chi connectivity index (χ1v) is 7.50. The molecule has 1 aromatic rings. The summed E-state index contributed by atoms with van der Waals surface area (Å²) in [5.41, 5.74) is 1.51. The van der Waals surface area contributed by atoms with Crippen LogP contribution in [-0.2, 0) is 4.74 Å². The molecule has 5 nitrogen and oxygen atoms in total. The summed E-state index contributed by atoms with van der Waals surface area (Å²) >= 11 is 0. The fourth-order valence-electron chi connectivity index (χ4n) is 2.79. The molecule has 0 aliphatic carbocycles. The van der Waals surface area contributed by atoms with E-state index in [0.29, 0.717) is 17.9 Å². The maximum absolute atomic E-state index is 12.4. The van der Waals surface area contributed by atoms with Gasteiger partial charge in [-0.25, -0.2) is 0 Å². The molecule has 0 spiro atoms. The molecule has 0 saturated carbocycles. The Balaban J connectivity index is 1.99. The van der Waals surface area contributed by atoms with E-state index in [1.54, 1.807) is 0 Å². The van der Waals surface area contributed by atoms with Gasteiger partial charge in [0.2, 0.25) is 0 Å². The van der Waals surface area contributed by atoms with E-state index in [9.17, 15) is 4.79 Å². The minimum atomic E-state index is -0.0833. The van der Waals surface area contributed by atoms with Crippen LogP contribution in [0.3, 0.4) is 0 Å². The number of hydrogen-bond donors (Lipinski definition) is 1. The van der Waals surface area contributed by atoms with Crippen LogP contribution >= 0.6 is 0 Å². The number of nitrogens with one attached hydrogen (secondary N) is 1. The number of hydrogen-bond acceptors (Lipinski definition) is 4. The summed E-state index contributed by atoms with van der Waals surface area (Å²) in [7, 11) is 0. The maximum Gasteiger partial charge on any atom is 0.255 e. The van der Waals surface area contributed by atoms with Crippen LogP contribution in [0.15, 0.2) is 4.42 Å². The number of morpholine rings is 1. The molecule has 2 heterocycles. The number of furan rings is 1. The zero-order valence-electron chi connectivity index (χ0n) is 13.7. The van der Waals surface area contributed by atoms with Crippen molar-refractivity contribution in [3.63, 3.8) is 0 Å². The van der Waals surface area contributed by atoms with Crippen molar-refractivity contribution >= 4 is 5.91 Å². The van der Waals surface area contributed by atoms with Crippen LogP contribution in [0.5, 0.6) is 0 Å². The molecule has 1 aliphatic heterocycles. The van der Waals surface area contributed by atoms with E-state index in [-0.39, 0.29) is 11.4 Å². The molecule has 21 heavy (non-hydrogen) atoms. The SMILES string of the molecule is Cc1oc(C)c(C(=O)NCC(C)(C)N2CCOCC2)c1C. The Morgan fingerprint density at radius 1 is 1.19 bits per heavy atom. The Kier molecular flexibility index (Phi) is 4.74. The average molecular weight is 294 g/mol. The van der Waals surface area contributed by atoms with Crippen LogP contribution in [0.1, 0.15) is 41.3 Å². The van der Waals surface area contributed by atoms with E-state index in [2.05, 4.69) is 24.1 Å². The number of rotatable bonds is 4. The molecule has 5 heteroatoms. The van der Waals surface area contributed by atoms with Crippen molar-refractivity contribution < 1.29 is 13.9 Å². The van der Waals surface area contributed by atoms with Gasteiger partial charge in [-0.3, -0.25) is 9.69 Å². The molecule has 0 bridgehead atoms. The molecule has 118 valence electrons. The molecule has 0 unspecified atom stereocenters. The summed E-state index contributed by atoms with van der Waals surface area (Å²) in [6, 6.07) is 0. The van der Waals surface area contributed by atoms with Crippen LogP contribution in [-0.4, -0.2) is 49.2 Å². The van der Waals surface area contributed by atoms with Gasteiger partial charge in [-0.05, 0) is 34.6 Å². The van der Waals surface area contributed by atoms with Crippen molar-refractivity contribution in [1.29, 1.82) is 0 Å². The van der Waals surface area contributed by atoms with Crippen LogP contribution in [0.2, 0.25) is 0 Å². The summed E-state index contributed by atoms with van der Waals surface area (Å²) in [6.45, 7) is 13.9. The highest BCUT2D eigenvalue weighted by molar-refractivity contribution is 5.96. The van der Waals surface area contributed by atoms with Gasteiger partial charge >= 0.3 is 0 Å². The average Bonchev–Trinajstić information content (AvgIpc) is 2.71. The molecule has 2 rings (SSSR count). The quantitative estimate of drug-likeness (QED) is 0.923. The third kappa shape index (κ3) is 3.47. The van der Waals surface area contributed by atoms with Gasteiger partial charge in [0.05, 0.1) is 18.8 Å². The summed E-state index contributed by atoms with van der Waals surface area (Å²) < 4.78 is 10.9. The fraction of sp³-hybridized carbons (Fsp3) is 0.688. The normalized spacial score (nSPS) is 17.0. The van der Waals surface area contributed by atoms with E-state index in [1.807, 2.05) is 20.8 Å². The second-order valence-corrected chi connectivity index (χ2v) is 6.31. The molecular formula is C16H26N2O3. The number of nitrogens with zero attached hydrogens (tertiary/aromatic N) is 1. The second-order valence-electron chi connectivity index (χ2n) is 6.31. The van der Waals surface area contributed by atoms with E-state index < -0.39 is 0 Å². The zero-order valence-corrected chi connectivity index (χ0v) is 13.7. The number of ether oxygens (including phenoxy) is 1. The van der Waals surface area contributed by atoms with Crippen molar-refractivity contribution in [2.45, 2.75) is 40.2 Å². The number of amides is 1. The lowest BCUT2D eigenvalue weighted by Crippen LogP contribution is -2.55. The predicted octanol–water partition coefficient (Wildman–Crippen LogP) is 2.05. The lowest BCUT2D eigenvalue weighted by Gasteiger charge is -2.40. The molecule has 0 aromatic carbocycles. The van der Waals surface area contributed by atoms with Gasteiger partial charge in [-0.1, -0.05) is 0 Å². The third-order valence-electron chi connectivity index (χ3n) is 4.34. The molecule has 1 aromatic heterocycles. The largest absolute Gasteiger partial charge is 0.466 e. The van der Waals surface area contributed by atoms with Crippen LogP contribution in [0.25, 0.3) is 0 Å². The predicted molar refractivity (Wildman–Crippen MR) is 81.7 cm³/mol. The summed E-state index contributed by atoms with van der Waals surface area (Å²) in [5, 5.41) is 3.05. The molecular weight excluding hydrogens is 268 g/mol. The first-order chi connectivity index (χ1) is 9.83. The molecule has 1 amide bonds. The topological polar surface area (TPSA) is 54.7 Å². The van der Waals surface area contributed by atoms with Gasteiger partial charge in [0.15, 0.2) is 0 Å². The summed E-state index contributed by atoms with van der Waals surface area (Å²) in [5.74, 6) is 1.44. The Hall–Kier alpha value is -1.33. The number of carbonyl (C=O) groups is 1. The Labute approximate surface area is 126 Å². The smallest absolute Gasteiger partial charge is 0.255 e. The van der Waals surface area contributed by atoms with Crippen molar-refractivity contribution in [1.82, 2.24) is 10.2 Å². The van der Waals surface area contributed by atoms with Crippen molar-refractivity contribution in [3.05, 3.63) is 22.6 Å². The second kappa shape index (κ2) is 6.20.